The van der Waals surface area contributed by atoms with Crippen LogP contribution in [0.1, 0.15) is 57.8 Å². The Morgan fingerprint density at radius 2 is 1.33 bits per heavy atom. The van der Waals surface area contributed by atoms with E-state index in [1.807, 2.05) is 12.2 Å². The van der Waals surface area contributed by atoms with Gasteiger partial charge in [-0.25, -0.2) is 0 Å². The molecule has 0 saturated carbocycles. The van der Waals surface area contributed by atoms with E-state index in [-0.39, 0.29) is 0 Å². The van der Waals surface area contributed by atoms with Crippen LogP contribution in [0.4, 0.5) is 0 Å². The Bertz CT molecular complexity index is 170. The molecule has 0 aliphatic rings. The van der Waals surface area contributed by atoms with Gasteiger partial charge in [-0.05, 0) is 19.3 Å². The molecular formula is C14H24O. The molecule has 0 spiro atoms. The fourth-order valence-electron chi connectivity index (χ4n) is 1.57. The van der Waals surface area contributed by atoms with E-state index in [0.29, 0.717) is 0 Å². The fraction of sp³-hybridized carbons (Fsp3) is 0.643. The van der Waals surface area contributed by atoms with Gasteiger partial charge in [-0.1, -0.05) is 56.9 Å². The molecule has 0 radical (unpaired) electrons. The Balaban J connectivity index is 2.95. The maximum Gasteiger partial charge on any atom is 0.119 e. The van der Waals surface area contributed by atoms with E-state index < -0.39 is 0 Å². The third-order valence-corrected chi connectivity index (χ3v) is 2.46. The van der Waals surface area contributed by atoms with Crippen LogP contribution in [0.5, 0.6) is 0 Å². The van der Waals surface area contributed by atoms with Gasteiger partial charge >= 0.3 is 0 Å². The number of carbonyl (C=O) groups excluding carboxylic acids is 1. The summed E-state index contributed by atoms with van der Waals surface area (Å²) in [6, 6.07) is 0. The SMILES string of the molecule is C=C/C=C/CCCCCCCCCC=O. The predicted molar refractivity (Wildman–Crippen MR) is 67.0 cm³/mol. The summed E-state index contributed by atoms with van der Waals surface area (Å²) >= 11 is 0. The van der Waals surface area contributed by atoms with Crippen molar-refractivity contribution in [3.8, 4) is 0 Å². The molecular weight excluding hydrogens is 184 g/mol. The Hall–Kier alpha value is -0.850. The van der Waals surface area contributed by atoms with Crippen LogP contribution < -0.4 is 0 Å². The Morgan fingerprint density at radius 1 is 0.800 bits per heavy atom. The smallest absolute Gasteiger partial charge is 0.119 e. The van der Waals surface area contributed by atoms with Crippen LogP contribution in [0.25, 0.3) is 0 Å². The van der Waals surface area contributed by atoms with Crippen LogP contribution in [0.15, 0.2) is 24.8 Å². The summed E-state index contributed by atoms with van der Waals surface area (Å²) in [5, 5.41) is 0. The molecule has 0 unspecified atom stereocenters. The highest BCUT2D eigenvalue weighted by atomic mass is 16.1. The highest BCUT2D eigenvalue weighted by Crippen LogP contribution is 2.09. The van der Waals surface area contributed by atoms with Gasteiger partial charge in [0.25, 0.3) is 0 Å². The monoisotopic (exact) mass is 208 g/mol. The van der Waals surface area contributed by atoms with Gasteiger partial charge in [0.1, 0.15) is 6.29 Å². The number of aldehydes is 1. The van der Waals surface area contributed by atoms with Gasteiger partial charge in [0, 0.05) is 6.42 Å². The third-order valence-electron chi connectivity index (χ3n) is 2.46. The zero-order valence-corrected chi connectivity index (χ0v) is 9.79. The molecule has 0 saturated heterocycles. The van der Waals surface area contributed by atoms with Gasteiger partial charge in [-0.2, -0.15) is 0 Å². The first-order valence-corrected chi connectivity index (χ1v) is 6.13. The number of hydrogen-bond acceptors (Lipinski definition) is 1. The average Bonchev–Trinajstić information content (AvgIpc) is 2.26. The molecule has 1 nitrogen and oxygen atoms in total. The number of allylic oxidation sites excluding steroid dienone is 3. The molecule has 0 aromatic rings. The van der Waals surface area contributed by atoms with Crippen molar-refractivity contribution < 1.29 is 4.79 Å². The van der Waals surface area contributed by atoms with Crippen LogP contribution in [0.2, 0.25) is 0 Å². The van der Waals surface area contributed by atoms with Crippen molar-refractivity contribution in [1.29, 1.82) is 0 Å². The first-order chi connectivity index (χ1) is 7.41. The lowest BCUT2D eigenvalue weighted by molar-refractivity contribution is -0.107. The van der Waals surface area contributed by atoms with E-state index in [4.69, 9.17) is 0 Å². The summed E-state index contributed by atoms with van der Waals surface area (Å²) in [4.78, 5) is 10.1. The topological polar surface area (TPSA) is 17.1 Å². The molecule has 86 valence electrons. The van der Waals surface area contributed by atoms with Gasteiger partial charge in [-0.3, -0.25) is 0 Å². The number of unbranched alkanes of at least 4 members (excludes halogenated alkanes) is 8. The first kappa shape index (κ1) is 14.2. The van der Waals surface area contributed by atoms with E-state index in [0.717, 1.165) is 19.1 Å². The van der Waals surface area contributed by atoms with Gasteiger partial charge in [0.05, 0.1) is 0 Å². The second-order valence-electron chi connectivity index (χ2n) is 3.88. The molecule has 0 amide bonds. The van der Waals surface area contributed by atoms with Crippen molar-refractivity contribution in [2.75, 3.05) is 0 Å². The predicted octanol–water partition coefficient (Wildman–Crippen LogP) is 4.44. The van der Waals surface area contributed by atoms with Crippen LogP contribution in [-0.2, 0) is 4.79 Å². The summed E-state index contributed by atoms with van der Waals surface area (Å²) < 4.78 is 0. The first-order valence-electron chi connectivity index (χ1n) is 6.13. The van der Waals surface area contributed by atoms with E-state index in [9.17, 15) is 4.79 Å². The molecule has 0 rings (SSSR count). The minimum Gasteiger partial charge on any atom is -0.303 e. The molecule has 1 heteroatoms. The standard InChI is InChI=1S/C14H24O/c1-2-3-4-5-6-7-8-9-10-11-12-13-14-15/h2-4,14H,1,5-13H2/b4-3+. The zero-order chi connectivity index (χ0) is 11.2. The molecule has 0 fully saturated rings. The molecule has 0 aliphatic carbocycles. The molecule has 0 atom stereocenters. The van der Waals surface area contributed by atoms with Gasteiger partial charge in [0.2, 0.25) is 0 Å². The molecule has 0 heterocycles. The summed E-state index contributed by atoms with van der Waals surface area (Å²) in [5.74, 6) is 0. The zero-order valence-electron chi connectivity index (χ0n) is 9.79. The van der Waals surface area contributed by atoms with Crippen molar-refractivity contribution in [1.82, 2.24) is 0 Å². The number of carbonyl (C=O) groups is 1. The Morgan fingerprint density at radius 3 is 1.87 bits per heavy atom. The lowest BCUT2D eigenvalue weighted by atomic mass is 10.1. The van der Waals surface area contributed by atoms with Crippen LogP contribution >= 0.6 is 0 Å². The summed E-state index contributed by atoms with van der Waals surface area (Å²) in [6.07, 6.45) is 17.8. The largest absolute Gasteiger partial charge is 0.303 e. The minimum atomic E-state index is 0.742. The summed E-state index contributed by atoms with van der Waals surface area (Å²) in [5.41, 5.74) is 0. The second-order valence-corrected chi connectivity index (χ2v) is 3.88. The van der Waals surface area contributed by atoms with Crippen LogP contribution in [0, 0.1) is 0 Å². The molecule has 0 aromatic carbocycles. The second kappa shape index (κ2) is 13.2. The highest BCUT2D eigenvalue weighted by molar-refractivity contribution is 5.48. The van der Waals surface area contributed by atoms with E-state index >= 15 is 0 Å². The van der Waals surface area contributed by atoms with Crippen molar-refractivity contribution >= 4 is 6.29 Å². The lowest BCUT2D eigenvalue weighted by Crippen LogP contribution is -1.81. The normalized spacial score (nSPS) is 10.7. The number of hydrogen-bond donors (Lipinski definition) is 0. The van der Waals surface area contributed by atoms with Crippen molar-refractivity contribution in [3.05, 3.63) is 24.8 Å². The molecule has 15 heavy (non-hydrogen) atoms. The van der Waals surface area contributed by atoms with Crippen molar-refractivity contribution in [2.24, 2.45) is 0 Å². The van der Waals surface area contributed by atoms with Crippen LogP contribution in [-0.4, -0.2) is 6.29 Å². The molecule has 0 aliphatic heterocycles. The fourth-order valence-corrected chi connectivity index (χ4v) is 1.57. The Kier molecular flexibility index (Phi) is 12.4. The minimum absolute atomic E-state index is 0.742. The van der Waals surface area contributed by atoms with Crippen molar-refractivity contribution in [3.63, 3.8) is 0 Å². The molecule has 0 N–H and O–H groups in total. The third kappa shape index (κ3) is 13.2. The number of rotatable bonds is 11. The molecule has 0 bridgehead atoms. The molecule has 0 aromatic heterocycles. The van der Waals surface area contributed by atoms with Crippen molar-refractivity contribution in [2.45, 2.75) is 57.8 Å². The average molecular weight is 208 g/mol. The van der Waals surface area contributed by atoms with Gasteiger partial charge < -0.3 is 4.79 Å². The highest BCUT2D eigenvalue weighted by Gasteiger charge is 1.90. The van der Waals surface area contributed by atoms with Crippen LogP contribution in [0.3, 0.4) is 0 Å². The van der Waals surface area contributed by atoms with E-state index in [1.54, 1.807) is 0 Å². The summed E-state index contributed by atoms with van der Waals surface area (Å²) in [7, 11) is 0. The quantitative estimate of drug-likeness (QED) is 0.279. The maximum absolute atomic E-state index is 10.1. The Labute approximate surface area is 94.3 Å². The summed E-state index contributed by atoms with van der Waals surface area (Å²) in [6.45, 7) is 3.63. The maximum atomic E-state index is 10.1. The van der Waals surface area contributed by atoms with E-state index in [1.165, 1.54) is 44.9 Å². The van der Waals surface area contributed by atoms with E-state index in [2.05, 4.69) is 12.7 Å². The van der Waals surface area contributed by atoms with Gasteiger partial charge in [0.15, 0.2) is 0 Å². The van der Waals surface area contributed by atoms with Gasteiger partial charge in [-0.15, -0.1) is 0 Å². The lowest BCUT2D eigenvalue weighted by Gasteiger charge is -1.99.